The van der Waals surface area contributed by atoms with E-state index in [1.807, 2.05) is 4.90 Å². The molecule has 2 fully saturated rings. The van der Waals surface area contributed by atoms with Crippen LogP contribution >= 0.6 is 0 Å². The zero-order chi connectivity index (χ0) is 16.0. The lowest BCUT2D eigenvalue weighted by Crippen LogP contribution is -2.43. The van der Waals surface area contributed by atoms with Crippen LogP contribution in [0.4, 0.5) is 0 Å². The zero-order valence-electron chi connectivity index (χ0n) is 13.5. The molecule has 4 rings (SSSR count). The summed E-state index contributed by atoms with van der Waals surface area (Å²) in [5, 5.41) is 0. The number of likely N-dealkylation sites (tertiary alicyclic amines) is 1. The first-order valence-electron chi connectivity index (χ1n) is 8.54. The molecular formula is C18H22N2O3. The molecule has 122 valence electrons. The molecule has 3 heterocycles. The van der Waals surface area contributed by atoms with Gasteiger partial charge in [0.25, 0.3) is 11.8 Å². The second kappa shape index (κ2) is 5.55. The minimum Gasteiger partial charge on any atom is -0.470 e. The van der Waals surface area contributed by atoms with Crippen molar-refractivity contribution in [2.24, 2.45) is 5.92 Å². The summed E-state index contributed by atoms with van der Waals surface area (Å²) in [5.41, 5.74) is 1.20. The fraction of sp³-hybridized carbons (Fsp3) is 0.556. The first-order chi connectivity index (χ1) is 11.1. The van der Waals surface area contributed by atoms with Gasteiger partial charge in [-0.2, -0.15) is 0 Å². The Kier molecular flexibility index (Phi) is 3.51. The van der Waals surface area contributed by atoms with E-state index >= 15 is 0 Å². The van der Waals surface area contributed by atoms with E-state index in [1.165, 1.54) is 0 Å². The monoisotopic (exact) mass is 314 g/mol. The van der Waals surface area contributed by atoms with E-state index in [1.54, 1.807) is 23.1 Å². The predicted octanol–water partition coefficient (Wildman–Crippen LogP) is 2.51. The van der Waals surface area contributed by atoms with Crippen LogP contribution in [-0.2, 0) is 0 Å². The first kappa shape index (κ1) is 14.5. The summed E-state index contributed by atoms with van der Waals surface area (Å²) in [7, 11) is 0. The van der Waals surface area contributed by atoms with Crippen LogP contribution < -0.4 is 4.74 Å². The van der Waals surface area contributed by atoms with Gasteiger partial charge in [0.1, 0.15) is 5.75 Å². The van der Waals surface area contributed by atoms with Crippen molar-refractivity contribution < 1.29 is 14.3 Å². The van der Waals surface area contributed by atoms with Gasteiger partial charge in [0.15, 0.2) is 6.23 Å². The summed E-state index contributed by atoms with van der Waals surface area (Å²) >= 11 is 0. The van der Waals surface area contributed by atoms with Crippen LogP contribution in [0.1, 0.15) is 53.3 Å². The Morgan fingerprint density at radius 1 is 1.17 bits per heavy atom. The van der Waals surface area contributed by atoms with Crippen molar-refractivity contribution >= 4 is 11.8 Å². The second-order valence-electron chi connectivity index (χ2n) is 6.90. The van der Waals surface area contributed by atoms with Crippen molar-refractivity contribution in [1.29, 1.82) is 0 Å². The van der Waals surface area contributed by atoms with Gasteiger partial charge in [-0.3, -0.25) is 9.59 Å². The number of fused-ring (bicyclic) bond motifs is 2. The molecule has 0 aromatic heterocycles. The van der Waals surface area contributed by atoms with Gasteiger partial charge in [-0.05, 0) is 43.4 Å². The molecule has 3 aliphatic rings. The van der Waals surface area contributed by atoms with Crippen molar-refractivity contribution in [2.75, 3.05) is 19.6 Å². The average Bonchev–Trinajstić information content (AvgIpc) is 3.03. The molecule has 2 amide bonds. The summed E-state index contributed by atoms with van der Waals surface area (Å²) in [6, 6.07) is 5.26. The summed E-state index contributed by atoms with van der Waals surface area (Å²) in [5.74, 6) is 1.33. The molecule has 3 aliphatic heterocycles. The zero-order valence-corrected chi connectivity index (χ0v) is 13.5. The Bertz CT molecular complexity index is 650. The summed E-state index contributed by atoms with van der Waals surface area (Å²) < 4.78 is 5.96. The molecular weight excluding hydrogens is 292 g/mol. The standard InChI is InChI=1S/C18H22N2O3/c1-12-6-9-19(10-7-12)17(21)13-4-5-14-15(11-13)23-16-3-2-8-20(16)18(14)22/h4-5,11-12,16H,2-3,6-10H2,1H3. The number of hydrogen-bond acceptors (Lipinski definition) is 3. The number of hydrogen-bond donors (Lipinski definition) is 0. The van der Waals surface area contributed by atoms with Crippen molar-refractivity contribution in [2.45, 2.75) is 38.8 Å². The molecule has 0 aliphatic carbocycles. The number of amides is 2. The van der Waals surface area contributed by atoms with Crippen LogP contribution in [0.2, 0.25) is 0 Å². The van der Waals surface area contributed by atoms with Gasteiger partial charge in [-0.15, -0.1) is 0 Å². The van der Waals surface area contributed by atoms with Gasteiger partial charge in [0, 0.05) is 31.6 Å². The van der Waals surface area contributed by atoms with Crippen LogP contribution in [0.5, 0.6) is 5.75 Å². The molecule has 0 bridgehead atoms. The molecule has 5 heteroatoms. The minimum atomic E-state index is -0.156. The number of benzene rings is 1. The maximum Gasteiger partial charge on any atom is 0.260 e. The molecule has 0 spiro atoms. The van der Waals surface area contributed by atoms with Gasteiger partial charge < -0.3 is 14.5 Å². The fourth-order valence-corrected chi connectivity index (χ4v) is 3.72. The van der Waals surface area contributed by atoms with Gasteiger partial charge in [0.2, 0.25) is 0 Å². The molecule has 1 unspecified atom stereocenters. The highest BCUT2D eigenvalue weighted by Crippen LogP contribution is 2.34. The van der Waals surface area contributed by atoms with E-state index in [4.69, 9.17) is 4.74 Å². The highest BCUT2D eigenvalue weighted by molar-refractivity contribution is 6.01. The van der Waals surface area contributed by atoms with Gasteiger partial charge in [-0.1, -0.05) is 6.92 Å². The van der Waals surface area contributed by atoms with Gasteiger partial charge >= 0.3 is 0 Å². The molecule has 0 saturated carbocycles. The number of carbonyl (C=O) groups is 2. The fourth-order valence-electron chi connectivity index (χ4n) is 3.72. The van der Waals surface area contributed by atoms with E-state index in [2.05, 4.69) is 6.92 Å². The highest BCUT2D eigenvalue weighted by Gasteiger charge is 2.37. The Hall–Kier alpha value is -2.04. The lowest BCUT2D eigenvalue weighted by atomic mass is 9.98. The second-order valence-corrected chi connectivity index (χ2v) is 6.90. The number of nitrogens with zero attached hydrogens (tertiary/aromatic N) is 2. The van der Waals surface area contributed by atoms with Crippen LogP contribution in [0.15, 0.2) is 18.2 Å². The quantitative estimate of drug-likeness (QED) is 0.800. The van der Waals surface area contributed by atoms with E-state index in [-0.39, 0.29) is 18.0 Å². The number of piperidine rings is 1. The van der Waals surface area contributed by atoms with Crippen molar-refractivity contribution in [1.82, 2.24) is 9.80 Å². The minimum absolute atomic E-state index is 0.0274. The van der Waals surface area contributed by atoms with Gasteiger partial charge in [-0.25, -0.2) is 0 Å². The third-order valence-electron chi connectivity index (χ3n) is 5.25. The Morgan fingerprint density at radius 3 is 2.74 bits per heavy atom. The molecule has 0 N–H and O–H groups in total. The van der Waals surface area contributed by atoms with Crippen molar-refractivity contribution in [3.63, 3.8) is 0 Å². The van der Waals surface area contributed by atoms with Crippen molar-refractivity contribution in [3.05, 3.63) is 29.3 Å². The van der Waals surface area contributed by atoms with Crippen LogP contribution in [0.3, 0.4) is 0 Å². The summed E-state index contributed by atoms with van der Waals surface area (Å²) in [6.07, 6.45) is 3.80. The Balaban J connectivity index is 1.58. The Labute approximate surface area is 136 Å². The molecule has 1 atom stereocenters. The number of ether oxygens (including phenoxy) is 1. The van der Waals surface area contributed by atoms with Crippen molar-refractivity contribution in [3.8, 4) is 5.75 Å². The topological polar surface area (TPSA) is 49.9 Å². The molecule has 2 saturated heterocycles. The van der Waals surface area contributed by atoms with Gasteiger partial charge in [0.05, 0.1) is 5.56 Å². The summed E-state index contributed by atoms with van der Waals surface area (Å²) in [4.78, 5) is 28.8. The lowest BCUT2D eigenvalue weighted by molar-refractivity contribution is 0.0292. The van der Waals surface area contributed by atoms with E-state index < -0.39 is 0 Å². The maximum atomic E-state index is 12.7. The van der Waals surface area contributed by atoms with E-state index in [0.717, 1.165) is 45.3 Å². The number of rotatable bonds is 1. The third kappa shape index (κ3) is 2.48. The molecule has 5 nitrogen and oxygen atoms in total. The smallest absolute Gasteiger partial charge is 0.260 e. The Morgan fingerprint density at radius 2 is 1.96 bits per heavy atom. The SMILES string of the molecule is CC1CCN(C(=O)c2ccc3c(c2)OC2CCCN2C3=O)CC1. The number of carbonyl (C=O) groups excluding carboxylic acids is 2. The molecule has 0 radical (unpaired) electrons. The molecule has 1 aromatic carbocycles. The third-order valence-corrected chi connectivity index (χ3v) is 5.25. The van der Waals surface area contributed by atoms with E-state index in [0.29, 0.717) is 22.8 Å². The molecule has 23 heavy (non-hydrogen) atoms. The van der Waals surface area contributed by atoms with Crippen LogP contribution in [0.25, 0.3) is 0 Å². The van der Waals surface area contributed by atoms with Crippen LogP contribution in [0, 0.1) is 5.92 Å². The lowest BCUT2D eigenvalue weighted by Gasteiger charge is -2.33. The predicted molar refractivity (Wildman–Crippen MR) is 85.4 cm³/mol. The van der Waals surface area contributed by atoms with E-state index in [9.17, 15) is 9.59 Å². The highest BCUT2D eigenvalue weighted by atomic mass is 16.5. The summed E-state index contributed by atoms with van der Waals surface area (Å²) in [6.45, 7) is 4.61. The molecule has 1 aromatic rings. The first-order valence-corrected chi connectivity index (χ1v) is 8.54. The maximum absolute atomic E-state index is 12.7. The van der Waals surface area contributed by atoms with Crippen LogP contribution in [-0.4, -0.2) is 47.5 Å². The largest absolute Gasteiger partial charge is 0.470 e. The average molecular weight is 314 g/mol. The normalized spacial score (nSPS) is 24.2.